The van der Waals surface area contributed by atoms with Crippen LogP contribution in [0, 0.1) is 0 Å². The zero-order chi connectivity index (χ0) is 12.3. The number of benzene rings is 2. The van der Waals surface area contributed by atoms with Crippen molar-refractivity contribution in [3.63, 3.8) is 0 Å². The average molecular weight is 227 g/mol. The molecule has 2 rings (SSSR count). The van der Waals surface area contributed by atoms with Gasteiger partial charge in [-0.1, -0.05) is 42.5 Å². The van der Waals surface area contributed by atoms with Crippen LogP contribution in [0.2, 0.25) is 0 Å². The second kappa shape index (κ2) is 4.80. The van der Waals surface area contributed by atoms with Gasteiger partial charge in [0.2, 0.25) is 5.91 Å². The van der Waals surface area contributed by atoms with E-state index >= 15 is 0 Å². The topological polar surface area (TPSA) is 40.5 Å². The molecule has 3 heteroatoms. The first-order valence-corrected chi connectivity index (χ1v) is 5.33. The van der Waals surface area contributed by atoms with Gasteiger partial charge in [0.25, 0.3) is 0 Å². The second-order valence-electron chi connectivity index (χ2n) is 3.75. The molecule has 2 aromatic rings. The molecule has 0 aliphatic rings. The van der Waals surface area contributed by atoms with Gasteiger partial charge in [0, 0.05) is 6.92 Å². The molecule has 0 bridgehead atoms. The molecular formula is C14H13NO2. The van der Waals surface area contributed by atoms with Gasteiger partial charge in [0.1, 0.15) is 0 Å². The van der Waals surface area contributed by atoms with E-state index in [1.54, 1.807) is 12.1 Å². The van der Waals surface area contributed by atoms with Crippen LogP contribution in [0.15, 0.2) is 54.6 Å². The lowest BCUT2D eigenvalue weighted by atomic mass is 10.1. The molecule has 2 aromatic carbocycles. The van der Waals surface area contributed by atoms with Crippen LogP contribution in [0.1, 0.15) is 6.92 Å². The lowest BCUT2D eigenvalue weighted by Crippen LogP contribution is -2.23. The van der Waals surface area contributed by atoms with E-state index < -0.39 is 5.91 Å². The molecule has 0 spiro atoms. The summed E-state index contributed by atoms with van der Waals surface area (Å²) in [5.41, 5.74) is 2.48. The normalized spacial score (nSPS) is 10.0. The van der Waals surface area contributed by atoms with E-state index in [1.807, 2.05) is 42.5 Å². The molecule has 0 aromatic heterocycles. The first-order chi connectivity index (χ1) is 8.18. The van der Waals surface area contributed by atoms with Gasteiger partial charge < -0.3 is 0 Å². The molecule has 17 heavy (non-hydrogen) atoms. The van der Waals surface area contributed by atoms with Crippen LogP contribution in [0.25, 0.3) is 11.1 Å². The third-order valence-electron chi connectivity index (χ3n) is 2.50. The SMILES string of the molecule is CC(=O)N(O)c1cccc(-c2ccccc2)c1. The fourth-order valence-corrected chi connectivity index (χ4v) is 1.63. The van der Waals surface area contributed by atoms with Gasteiger partial charge in [-0.3, -0.25) is 10.0 Å². The first-order valence-electron chi connectivity index (χ1n) is 5.33. The van der Waals surface area contributed by atoms with E-state index in [2.05, 4.69) is 0 Å². The van der Waals surface area contributed by atoms with Crippen LogP contribution in [-0.2, 0) is 4.79 Å². The summed E-state index contributed by atoms with van der Waals surface area (Å²) < 4.78 is 0. The fraction of sp³-hybridized carbons (Fsp3) is 0.0714. The van der Waals surface area contributed by atoms with Crippen LogP contribution < -0.4 is 5.06 Å². The molecule has 86 valence electrons. The van der Waals surface area contributed by atoms with Crippen molar-refractivity contribution in [3.05, 3.63) is 54.6 Å². The Morgan fingerprint density at radius 1 is 1.00 bits per heavy atom. The minimum atomic E-state index is -0.407. The maximum absolute atomic E-state index is 11.1. The summed E-state index contributed by atoms with van der Waals surface area (Å²) in [5, 5.41) is 10.2. The summed E-state index contributed by atoms with van der Waals surface area (Å²) in [6.07, 6.45) is 0. The van der Waals surface area contributed by atoms with Crippen molar-refractivity contribution in [3.8, 4) is 11.1 Å². The van der Waals surface area contributed by atoms with Crippen LogP contribution in [0.4, 0.5) is 5.69 Å². The molecule has 1 N–H and O–H groups in total. The number of anilines is 1. The Labute approximate surface area is 99.9 Å². The Bertz CT molecular complexity index is 523. The maximum atomic E-state index is 11.1. The van der Waals surface area contributed by atoms with E-state index in [4.69, 9.17) is 0 Å². The molecule has 0 aliphatic heterocycles. The van der Waals surface area contributed by atoms with Crippen LogP contribution in [-0.4, -0.2) is 11.1 Å². The maximum Gasteiger partial charge on any atom is 0.247 e. The first kappa shape index (κ1) is 11.4. The highest BCUT2D eigenvalue weighted by Crippen LogP contribution is 2.23. The third-order valence-corrected chi connectivity index (χ3v) is 2.50. The minimum absolute atomic E-state index is 0.407. The van der Waals surface area contributed by atoms with Gasteiger partial charge in [-0.25, -0.2) is 0 Å². The molecule has 0 atom stereocenters. The van der Waals surface area contributed by atoms with E-state index in [-0.39, 0.29) is 0 Å². The molecular weight excluding hydrogens is 214 g/mol. The lowest BCUT2D eigenvalue weighted by molar-refractivity contribution is -0.121. The van der Waals surface area contributed by atoms with E-state index in [0.29, 0.717) is 10.8 Å². The smallest absolute Gasteiger partial charge is 0.247 e. The quantitative estimate of drug-likeness (QED) is 0.632. The number of carbonyl (C=O) groups is 1. The third kappa shape index (κ3) is 2.52. The van der Waals surface area contributed by atoms with Gasteiger partial charge in [0.05, 0.1) is 5.69 Å². The van der Waals surface area contributed by atoms with Gasteiger partial charge >= 0.3 is 0 Å². The molecule has 0 saturated carbocycles. The van der Waals surface area contributed by atoms with Crippen LogP contribution in [0.3, 0.4) is 0 Å². The van der Waals surface area contributed by atoms with E-state index in [9.17, 15) is 10.0 Å². The van der Waals surface area contributed by atoms with Gasteiger partial charge in [0.15, 0.2) is 0 Å². The molecule has 0 heterocycles. The zero-order valence-corrected chi connectivity index (χ0v) is 9.50. The van der Waals surface area contributed by atoms with Crippen LogP contribution in [0.5, 0.6) is 0 Å². The van der Waals surface area contributed by atoms with Crippen molar-refractivity contribution in [2.24, 2.45) is 0 Å². The molecule has 0 saturated heterocycles. The highest BCUT2D eigenvalue weighted by molar-refractivity contribution is 5.89. The standard InChI is InChI=1S/C14H13NO2/c1-11(16)15(17)14-9-5-8-13(10-14)12-6-3-2-4-7-12/h2-10,17H,1H3. The van der Waals surface area contributed by atoms with Crippen LogP contribution >= 0.6 is 0 Å². The molecule has 1 amide bonds. The largest absolute Gasteiger partial charge is 0.281 e. The molecule has 0 unspecified atom stereocenters. The molecule has 0 aliphatic carbocycles. The Morgan fingerprint density at radius 3 is 2.29 bits per heavy atom. The number of rotatable bonds is 2. The Balaban J connectivity index is 2.39. The zero-order valence-electron chi connectivity index (χ0n) is 9.50. The van der Waals surface area contributed by atoms with Crippen molar-refractivity contribution in [1.29, 1.82) is 0 Å². The predicted molar refractivity (Wildman–Crippen MR) is 66.8 cm³/mol. The summed E-state index contributed by atoms with van der Waals surface area (Å²) in [5.74, 6) is -0.407. The summed E-state index contributed by atoms with van der Waals surface area (Å²) in [6.45, 7) is 1.31. The van der Waals surface area contributed by atoms with Gasteiger partial charge in [-0.15, -0.1) is 0 Å². The number of carbonyl (C=O) groups excluding carboxylic acids is 1. The Morgan fingerprint density at radius 2 is 1.65 bits per heavy atom. The average Bonchev–Trinajstić information content (AvgIpc) is 2.39. The number of hydrogen-bond acceptors (Lipinski definition) is 2. The number of amides is 1. The second-order valence-corrected chi connectivity index (χ2v) is 3.75. The van der Waals surface area contributed by atoms with Crippen molar-refractivity contribution in [1.82, 2.24) is 0 Å². The van der Waals surface area contributed by atoms with Crippen molar-refractivity contribution < 1.29 is 10.0 Å². The van der Waals surface area contributed by atoms with Crippen molar-refractivity contribution in [2.75, 3.05) is 5.06 Å². The highest BCUT2D eigenvalue weighted by Gasteiger charge is 2.08. The number of hydrogen-bond donors (Lipinski definition) is 1. The van der Waals surface area contributed by atoms with Gasteiger partial charge in [-0.05, 0) is 23.3 Å². The Kier molecular flexibility index (Phi) is 3.21. The lowest BCUT2D eigenvalue weighted by Gasteiger charge is -2.13. The van der Waals surface area contributed by atoms with E-state index in [1.165, 1.54) is 6.92 Å². The van der Waals surface area contributed by atoms with Crippen molar-refractivity contribution >= 4 is 11.6 Å². The predicted octanol–water partition coefficient (Wildman–Crippen LogP) is 3.10. The Hall–Kier alpha value is -2.13. The molecule has 3 nitrogen and oxygen atoms in total. The van der Waals surface area contributed by atoms with Gasteiger partial charge in [-0.2, -0.15) is 5.06 Å². The monoisotopic (exact) mass is 227 g/mol. The summed E-state index contributed by atoms with van der Waals surface area (Å²) in [7, 11) is 0. The highest BCUT2D eigenvalue weighted by atomic mass is 16.5. The minimum Gasteiger partial charge on any atom is -0.281 e. The number of hydroxylamine groups is 1. The molecule has 0 fully saturated rings. The van der Waals surface area contributed by atoms with Crippen molar-refractivity contribution in [2.45, 2.75) is 6.92 Å². The van der Waals surface area contributed by atoms with E-state index in [0.717, 1.165) is 11.1 Å². The molecule has 0 radical (unpaired) electrons. The summed E-state index contributed by atoms with van der Waals surface area (Å²) >= 11 is 0. The summed E-state index contributed by atoms with van der Waals surface area (Å²) in [6, 6.07) is 17.0. The fourth-order valence-electron chi connectivity index (χ4n) is 1.63. The number of nitrogens with zero attached hydrogens (tertiary/aromatic N) is 1. The summed E-state index contributed by atoms with van der Waals surface area (Å²) in [4.78, 5) is 11.1.